The molecule has 2 aliphatic rings. The number of alkyl halides is 3. The predicted octanol–water partition coefficient (Wildman–Crippen LogP) is 4.19. The Hall–Kier alpha value is -4.26. The number of fused-ring (bicyclic) bond motifs is 1. The van der Waals surface area contributed by atoms with E-state index in [-0.39, 0.29) is 36.4 Å². The van der Waals surface area contributed by atoms with Crippen LogP contribution in [-0.4, -0.2) is 64.6 Å². The number of nitrogens with one attached hydrogen (secondary N) is 1. The van der Waals surface area contributed by atoms with Crippen LogP contribution in [0.1, 0.15) is 50.4 Å². The number of nitrogens with zero attached hydrogens (tertiary/aromatic N) is 3. The van der Waals surface area contributed by atoms with Gasteiger partial charge in [-0.3, -0.25) is 9.59 Å². The molecule has 0 spiro atoms. The first kappa shape index (κ1) is 32.1. The van der Waals surface area contributed by atoms with Crippen LogP contribution < -0.4 is 15.8 Å². The zero-order valence-corrected chi connectivity index (χ0v) is 25.3. The van der Waals surface area contributed by atoms with Crippen LogP contribution in [0.4, 0.5) is 23.2 Å². The molecule has 0 radical (unpaired) electrons. The summed E-state index contributed by atoms with van der Waals surface area (Å²) in [6, 6.07) is 2.24. The van der Waals surface area contributed by atoms with Crippen molar-refractivity contribution in [3.63, 3.8) is 0 Å². The van der Waals surface area contributed by atoms with Gasteiger partial charge in [0.2, 0.25) is 0 Å². The summed E-state index contributed by atoms with van der Waals surface area (Å²) in [5, 5.41) is 12.4. The molecule has 0 unspecified atom stereocenters. The third kappa shape index (κ3) is 6.18. The smallest absolute Gasteiger partial charge is 0.411 e. The maximum absolute atomic E-state index is 15.3. The lowest BCUT2D eigenvalue weighted by Crippen LogP contribution is -2.53. The topological polar surface area (TPSA) is 114 Å². The van der Waals surface area contributed by atoms with E-state index in [1.54, 1.807) is 23.7 Å². The second-order valence-corrected chi connectivity index (χ2v) is 11.6. The van der Waals surface area contributed by atoms with Gasteiger partial charge in [0.1, 0.15) is 23.6 Å². The third-order valence-corrected chi connectivity index (χ3v) is 8.81. The van der Waals surface area contributed by atoms with E-state index >= 15 is 4.39 Å². The summed E-state index contributed by atoms with van der Waals surface area (Å²) in [7, 11) is 1.69. The number of rotatable bonds is 7. The van der Waals surface area contributed by atoms with Gasteiger partial charge in [0.15, 0.2) is 0 Å². The molecular formula is C32H34F4N4O5. The molecule has 240 valence electrons. The van der Waals surface area contributed by atoms with Crippen molar-refractivity contribution in [1.82, 2.24) is 14.9 Å². The molecule has 13 heteroatoms. The van der Waals surface area contributed by atoms with Crippen molar-refractivity contribution in [3.05, 3.63) is 79.6 Å². The number of hydrogen-bond donors (Lipinski definition) is 2. The Labute approximate surface area is 256 Å². The lowest BCUT2D eigenvalue weighted by atomic mass is 9.92. The standard InChI is InChI=1S/C32H34F4N4O5/c1-16-12-20(40-10-11-45-15-26(40)32(34,35)36)14-24(33)27(16)29(41)38-25(31(43)44)13-19-8-9-23(22-7-5-6-21(19)22)28-30(42)39(4)18(3)17(2)37-28/h8-9,12,14,25-26H,5-7,10-11,13,15H2,1-4H3,(H,38,41)(H,43,44)/t25-,26+/m0/s1. The molecule has 0 bridgehead atoms. The SMILES string of the molecule is Cc1cc(N2CCOC[C@@H]2C(F)(F)F)cc(F)c1C(=O)N[C@@H](Cc1ccc(-c2nc(C)c(C)n(C)c2=O)c2c1CCC2)C(=O)O. The van der Waals surface area contributed by atoms with E-state index in [9.17, 15) is 32.7 Å². The maximum Gasteiger partial charge on any atom is 0.411 e. The number of amides is 1. The van der Waals surface area contributed by atoms with Crippen molar-refractivity contribution < 1.29 is 37.0 Å². The normalized spacial score (nSPS) is 17.2. The quantitative estimate of drug-likeness (QED) is 0.377. The number of carboxylic acid groups (broad SMARTS) is 1. The second kappa shape index (κ2) is 12.3. The van der Waals surface area contributed by atoms with Crippen LogP contribution in [0.5, 0.6) is 0 Å². The van der Waals surface area contributed by atoms with Crippen LogP contribution in [0, 0.1) is 26.6 Å². The molecule has 3 aromatic rings. The van der Waals surface area contributed by atoms with Gasteiger partial charge in [-0.25, -0.2) is 14.2 Å². The van der Waals surface area contributed by atoms with E-state index in [1.165, 1.54) is 13.0 Å². The van der Waals surface area contributed by atoms with Gasteiger partial charge in [-0.15, -0.1) is 0 Å². The Kier molecular flexibility index (Phi) is 8.76. The molecule has 1 aliphatic carbocycles. The van der Waals surface area contributed by atoms with Crippen LogP contribution in [0.25, 0.3) is 11.3 Å². The predicted molar refractivity (Wildman–Crippen MR) is 158 cm³/mol. The molecule has 45 heavy (non-hydrogen) atoms. The molecule has 1 saturated heterocycles. The summed E-state index contributed by atoms with van der Waals surface area (Å²) in [5.41, 5.74) is 4.30. The summed E-state index contributed by atoms with van der Waals surface area (Å²) in [5.74, 6) is -3.39. The Morgan fingerprint density at radius 1 is 1.16 bits per heavy atom. The zero-order valence-electron chi connectivity index (χ0n) is 25.3. The number of benzene rings is 2. The van der Waals surface area contributed by atoms with Gasteiger partial charge in [-0.2, -0.15) is 13.2 Å². The molecule has 1 aliphatic heterocycles. The number of aliphatic carboxylic acids is 1. The van der Waals surface area contributed by atoms with Crippen LogP contribution in [0.2, 0.25) is 0 Å². The third-order valence-electron chi connectivity index (χ3n) is 8.81. The number of halogens is 4. The fraction of sp³-hybridized carbons (Fsp3) is 0.438. The van der Waals surface area contributed by atoms with Crippen LogP contribution in [0.15, 0.2) is 29.1 Å². The summed E-state index contributed by atoms with van der Waals surface area (Å²) in [4.78, 5) is 44.1. The first-order valence-corrected chi connectivity index (χ1v) is 14.6. The number of aromatic nitrogens is 2. The highest BCUT2D eigenvalue weighted by atomic mass is 19.4. The van der Waals surface area contributed by atoms with E-state index in [1.807, 2.05) is 13.8 Å². The van der Waals surface area contributed by atoms with Gasteiger partial charge in [0.05, 0.1) is 24.5 Å². The summed E-state index contributed by atoms with van der Waals surface area (Å²) < 4.78 is 62.6. The summed E-state index contributed by atoms with van der Waals surface area (Å²) in [6.07, 6.45) is -2.58. The second-order valence-electron chi connectivity index (χ2n) is 11.6. The zero-order chi connectivity index (χ0) is 32.8. The lowest BCUT2D eigenvalue weighted by Gasteiger charge is -2.38. The number of carboxylic acids is 1. The van der Waals surface area contributed by atoms with Crippen LogP contribution in [-0.2, 0) is 35.8 Å². The first-order chi connectivity index (χ1) is 21.2. The highest BCUT2D eigenvalue weighted by Gasteiger charge is 2.45. The van der Waals surface area contributed by atoms with Crippen LogP contribution >= 0.6 is 0 Å². The average molecular weight is 631 g/mol. The highest BCUT2D eigenvalue weighted by molar-refractivity contribution is 5.98. The molecule has 9 nitrogen and oxygen atoms in total. The Morgan fingerprint density at radius 3 is 2.53 bits per heavy atom. The molecule has 2 atom stereocenters. The molecular weight excluding hydrogens is 596 g/mol. The summed E-state index contributed by atoms with van der Waals surface area (Å²) in [6.45, 7) is 4.33. The van der Waals surface area contributed by atoms with Crippen molar-refractivity contribution in [3.8, 4) is 11.3 Å². The van der Waals surface area contributed by atoms with Crippen molar-refractivity contribution in [1.29, 1.82) is 0 Å². The number of anilines is 1. The number of hydrogen-bond acceptors (Lipinski definition) is 6. The Morgan fingerprint density at radius 2 is 1.87 bits per heavy atom. The van der Waals surface area contributed by atoms with Gasteiger partial charge < -0.3 is 24.6 Å². The molecule has 2 N–H and O–H groups in total. The number of ether oxygens (including phenoxy) is 1. The molecule has 1 aromatic heterocycles. The molecule has 1 fully saturated rings. The van der Waals surface area contributed by atoms with Crippen molar-refractivity contribution in [2.75, 3.05) is 24.7 Å². The average Bonchev–Trinajstić information content (AvgIpc) is 3.47. The number of carbonyl (C=O) groups excluding carboxylic acids is 1. The minimum Gasteiger partial charge on any atom is -0.480 e. The minimum absolute atomic E-state index is 0.0261. The molecule has 0 saturated carbocycles. The molecule has 2 aromatic carbocycles. The van der Waals surface area contributed by atoms with E-state index in [0.717, 1.165) is 39.9 Å². The van der Waals surface area contributed by atoms with Gasteiger partial charge >= 0.3 is 12.1 Å². The van der Waals surface area contributed by atoms with Gasteiger partial charge in [-0.1, -0.05) is 12.1 Å². The molecule has 2 heterocycles. The molecule has 1 amide bonds. The molecule has 5 rings (SSSR count). The lowest BCUT2D eigenvalue weighted by molar-refractivity contribution is -0.167. The van der Waals surface area contributed by atoms with Crippen LogP contribution in [0.3, 0.4) is 0 Å². The fourth-order valence-electron chi connectivity index (χ4n) is 6.23. The number of carbonyl (C=O) groups is 2. The fourth-order valence-corrected chi connectivity index (χ4v) is 6.23. The van der Waals surface area contributed by atoms with E-state index in [2.05, 4.69) is 10.3 Å². The monoisotopic (exact) mass is 630 g/mol. The summed E-state index contributed by atoms with van der Waals surface area (Å²) >= 11 is 0. The Balaban J connectivity index is 1.41. The van der Waals surface area contributed by atoms with Gasteiger partial charge in [0, 0.05) is 37.0 Å². The van der Waals surface area contributed by atoms with Crippen molar-refractivity contribution in [2.24, 2.45) is 7.05 Å². The van der Waals surface area contributed by atoms with Gasteiger partial charge in [-0.05, 0) is 74.4 Å². The van der Waals surface area contributed by atoms with E-state index in [4.69, 9.17) is 4.74 Å². The maximum atomic E-state index is 15.3. The first-order valence-electron chi connectivity index (χ1n) is 14.6. The number of aryl methyl sites for hydroxylation is 2. The number of morpholine rings is 1. The highest BCUT2D eigenvalue weighted by Crippen LogP contribution is 2.35. The minimum atomic E-state index is -4.61. The van der Waals surface area contributed by atoms with Crippen molar-refractivity contribution >= 4 is 17.6 Å². The van der Waals surface area contributed by atoms with Gasteiger partial charge in [0.25, 0.3) is 11.5 Å². The van der Waals surface area contributed by atoms with E-state index in [0.29, 0.717) is 29.7 Å². The Bertz CT molecular complexity index is 1710. The largest absolute Gasteiger partial charge is 0.480 e. The van der Waals surface area contributed by atoms with E-state index < -0.39 is 48.1 Å². The van der Waals surface area contributed by atoms with Crippen molar-refractivity contribution in [2.45, 2.75) is 64.7 Å².